The van der Waals surface area contributed by atoms with Gasteiger partial charge in [0, 0.05) is 20.2 Å². The average Bonchev–Trinajstić information content (AvgIpc) is 2.37. The molecule has 0 spiro atoms. The third-order valence-corrected chi connectivity index (χ3v) is 5.40. The molecule has 2 rings (SSSR count). The second kappa shape index (κ2) is 5.80. The van der Waals surface area contributed by atoms with Crippen molar-refractivity contribution in [1.29, 1.82) is 0 Å². The van der Waals surface area contributed by atoms with Crippen LogP contribution < -0.4 is 4.74 Å². The number of ether oxygens (including phenoxy) is 2. The van der Waals surface area contributed by atoms with E-state index in [-0.39, 0.29) is 30.5 Å². The van der Waals surface area contributed by atoms with Gasteiger partial charge in [0.05, 0.1) is 12.0 Å². The van der Waals surface area contributed by atoms with Crippen LogP contribution in [0.15, 0.2) is 29.2 Å². The number of methoxy groups -OCH3 is 2. The zero-order valence-corrected chi connectivity index (χ0v) is 12.2. The van der Waals surface area contributed by atoms with Gasteiger partial charge in [-0.15, -0.1) is 0 Å². The second-order valence-corrected chi connectivity index (χ2v) is 6.80. The van der Waals surface area contributed by atoms with Gasteiger partial charge in [0.25, 0.3) is 0 Å². The van der Waals surface area contributed by atoms with Gasteiger partial charge in [-0.05, 0) is 24.3 Å². The number of rotatable bonds is 5. The number of hydrogen-bond donors (Lipinski definition) is 0. The van der Waals surface area contributed by atoms with E-state index in [2.05, 4.69) is 0 Å². The molecule has 20 heavy (non-hydrogen) atoms. The summed E-state index contributed by atoms with van der Waals surface area (Å²) in [5, 5.41) is -0.545. The Morgan fingerprint density at radius 3 is 2.35 bits per heavy atom. The molecule has 110 valence electrons. The van der Waals surface area contributed by atoms with Crippen LogP contribution in [0, 0.1) is 0 Å². The van der Waals surface area contributed by atoms with Crippen molar-refractivity contribution in [3.8, 4) is 5.75 Å². The summed E-state index contributed by atoms with van der Waals surface area (Å²) < 4.78 is 34.4. The van der Waals surface area contributed by atoms with Crippen LogP contribution in [0.5, 0.6) is 5.75 Å². The van der Waals surface area contributed by atoms with E-state index in [1.54, 1.807) is 12.1 Å². The zero-order chi connectivity index (χ0) is 14.8. The number of carbonyl (C=O) groups is 1. The predicted octanol–water partition coefficient (Wildman–Crippen LogP) is 0.326. The summed E-state index contributed by atoms with van der Waals surface area (Å²) in [5.74, 6) is 0.420. The van der Waals surface area contributed by atoms with Crippen molar-refractivity contribution < 1.29 is 22.7 Å². The fourth-order valence-corrected chi connectivity index (χ4v) is 3.66. The number of sulfone groups is 1. The molecule has 0 bridgehead atoms. The van der Waals surface area contributed by atoms with E-state index >= 15 is 0 Å². The standard InChI is InChI=1S/C13H17NO5S/c1-18-9-13(15)14-7-12(8-14)20(16,17)11-5-3-10(19-2)4-6-11/h3-6,12H,7-9H2,1-2H3. The average molecular weight is 299 g/mol. The molecule has 1 aromatic carbocycles. The Hall–Kier alpha value is -1.60. The Kier molecular flexibility index (Phi) is 4.29. The summed E-state index contributed by atoms with van der Waals surface area (Å²) in [6.07, 6.45) is 0. The van der Waals surface area contributed by atoms with Crippen LogP contribution >= 0.6 is 0 Å². The van der Waals surface area contributed by atoms with Crippen LogP contribution in [0.2, 0.25) is 0 Å². The first-order valence-electron chi connectivity index (χ1n) is 6.13. The normalized spacial score (nSPS) is 15.8. The Balaban J connectivity index is 2.04. The van der Waals surface area contributed by atoms with Gasteiger partial charge in [0.2, 0.25) is 5.91 Å². The number of amides is 1. The van der Waals surface area contributed by atoms with Crippen molar-refractivity contribution in [2.75, 3.05) is 33.9 Å². The van der Waals surface area contributed by atoms with Crippen molar-refractivity contribution in [1.82, 2.24) is 4.90 Å². The summed E-state index contributed by atoms with van der Waals surface area (Å²) in [6, 6.07) is 6.26. The molecular formula is C13H17NO5S. The molecule has 7 heteroatoms. The molecule has 1 aliphatic heterocycles. The smallest absolute Gasteiger partial charge is 0.248 e. The lowest BCUT2D eigenvalue weighted by atomic mass is 10.2. The minimum atomic E-state index is -3.40. The van der Waals surface area contributed by atoms with Crippen molar-refractivity contribution in [3.05, 3.63) is 24.3 Å². The third kappa shape index (κ3) is 2.78. The molecule has 0 aliphatic carbocycles. The molecule has 1 saturated heterocycles. The van der Waals surface area contributed by atoms with Gasteiger partial charge in [-0.1, -0.05) is 0 Å². The lowest BCUT2D eigenvalue weighted by molar-refractivity contribution is -0.138. The summed E-state index contributed by atoms with van der Waals surface area (Å²) in [4.78, 5) is 13.2. The van der Waals surface area contributed by atoms with Gasteiger partial charge >= 0.3 is 0 Å². The number of hydrogen-bond acceptors (Lipinski definition) is 5. The number of carbonyl (C=O) groups excluding carboxylic acids is 1. The number of likely N-dealkylation sites (tertiary alicyclic amines) is 1. The minimum Gasteiger partial charge on any atom is -0.497 e. The molecule has 1 amide bonds. The van der Waals surface area contributed by atoms with Crippen LogP contribution in [0.1, 0.15) is 0 Å². The molecule has 0 radical (unpaired) electrons. The van der Waals surface area contributed by atoms with Crippen molar-refractivity contribution in [2.24, 2.45) is 0 Å². The van der Waals surface area contributed by atoms with Crippen LogP contribution in [0.25, 0.3) is 0 Å². The van der Waals surface area contributed by atoms with E-state index in [1.807, 2.05) is 0 Å². The van der Waals surface area contributed by atoms with Crippen LogP contribution in [-0.2, 0) is 19.4 Å². The maximum atomic E-state index is 12.3. The Labute approximate surface area is 118 Å². The van der Waals surface area contributed by atoms with E-state index in [0.717, 1.165) is 0 Å². The molecule has 1 aliphatic rings. The molecular weight excluding hydrogens is 282 g/mol. The quantitative estimate of drug-likeness (QED) is 0.783. The Bertz CT molecular complexity index is 575. The highest BCUT2D eigenvalue weighted by Gasteiger charge is 2.40. The van der Waals surface area contributed by atoms with E-state index < -0.39 is 15.1 Å². The zero-order valence-electron chi connectivity index (χ0n) is 11.4. The van der Waals surface area contributed by atoms with E-state index in [1.165, 1.54) is 31.3 Å². The number of benzene rings is 1. The lowest BCUT2D eigenvalue weighted by Gasteiger charge is -2.38. The van der Waals surface area contributed by atoms with Gasteiger partial charge in [-0.3, -0.25) is 4.79 Å². The molecule has 1 aromatic rings. The van der Waals surface area contributed by atoms with E-state index in [9.17, 15) is 13.2 Å². The highest BCUT2D eigenvalue weighted by Crippen LogP contribution is 2.25. The van der Waals surface area contributed by atoms with Crippen LogP contribution in [0.4, 0.5) is 0 Å². The minimum absolute atomic E-state index is 0.0185. The van der Waals surface area contributed by atoms with Gasteiger partial charge in [0.1, 0.15) is 17.6 Å². The van der Waals surface area contributed by atoms with Crippen LogP contribution in [0.3, 0.4) is 0 Å². The Morgan fingerprint density at radius 1 is 1.25 bits per heavy atom. The molecule has 0 N–H and O–H groups in total. The van der Waals surface area contributed by atoms with Gasteiger partial charge in [-0.25, -0.2) is 8.42 Å². The maximum Gasteiger partial charge on any atom is 0.248 e. The predicted molar refractivity (Wildman–Crippen MR) is 72.4 cm³/mol. The first-order valence-corrected chi connectivity index (χ1v) is 7.68. The largest absolute Gasteiger partial charge is 0.497 e. The fourth-order valence-electron chi connectivity index (χ4n) is 2.01. The van der Waals surface area contributed by atoms with E-state index in [4.69, 9.17) is 9.47 Å². The summed E-state index contributed by atoms with van der Waals surface area (Å²) >= 11 is 0. The highest BCUT2D eigenvalue weighted by atomic mass is 32.2. The number of nitrogens with zero attached hydrogens (tertiary/aromatic N) is 1. The summed E-state index contributed by atoms with van der Waals surface area (Å²) in [7, 11) is -0.443. The van der Waals surface area contributed by atoms with Gasteiger partial charge < -0.3 is 14.4 Å². The van der Waals surface area contributed by atoms with Crippen LogP contribution in [-0.4, -0.2) is 58.4 Å². The molecule has 0 atom stereocenters. The summed E-state index contributed by atoms with van der Waals surface area (Å²) in [6.45, 7) is 0.419. The molecule has 6 nitrogen and oxygen atoms in total. The molecule has 1 fully saturated rings. The molecule has 1 heterocycles. The second-order valence-electron chi connectivity index (χ2n) is 4.57. The van der Waals surface area contributed by atoms with Gasteiger partial charge in [-0.2, -0.15) is 0 Å². The summed E-state index contributed by atoms with van der Waals surface area (Å²) in [5.41, 5.74) is 0. The first-order chi connectivity index (χ1) is 9.48. The topological polar surface area (TPSA) is 72.9 Å². The SMILES string of the molecule is COCC(=O)N1CC(S(=O)(=O)c2ccc(OC)cc2)C1. The van der Waals surface area contributed by atoms with Gasteiger partial charge in [0.15, 0.2) is 9.84 Å². The first kappa shape index (κ1) is 14.8. The van der Waals surface area contributed by atoms with Crippen molar-refractivity contribution >= 4 is 15.7 Å². The van der Waals surface area contributed by atoms with E-state index in [0.29, 0.717) is 5.75 Å². The molecule has 0 unspecified atom stereocenters. The van der Waals surface area contributed by atoms with Crippen molar-refractivity contribution in [2.45, 2.75) is 10.1 Å². The maximum absolute atomic E-state index is 12.3. The highest BCUT2D eigenvalue weighted by molar-refractivity contribution is 7.92. The molecule has 0 saturated carbocycles. The monoisotopic (exact) mass is 299 g/mol. The lowest BCUT2D eigenvalue weighted by Crippen LogP contribution is -2.57. The van der Waals surface area contributed by atoms with Crippen molar-refractivity contribution in [3.63, 3.8) is 0 Å². The fraction of sp³-hybridized carbons (Fsp3) is 0.462. The third-order valence-electron chi connectivity index (χ3n) is 3.30. The Morgan fingerprint density at radius 2 is 1.85 bits per heavy atom. The molecule has 0 aromatic heterocycles.